The molecular formula is C8H18O2Si. The van der Waals surface area contributed by atoms with Gasteiger partial charge in [0.15, 0.2) is 8.32 Å². The van der Waals surface area contributed by atoms with Crippen LogP contribution in [0.3, 0.4) is 0 Å². The Morgan fingerprint density at radius 1 is 1.45 bits per heavy atom. The SMILES string of the molecule is CCO[Si](C)(CC)C1COC1. The standard InChI is InChI=1S/C8H18O2Si/c1-4-10-11(3,5-2)8-6-9-7-8/h8H,4-7H2,1-3H3. The van der Waals surface area contributed by atoms with Crippen LogP contribution >= 0.6 is 0 Å². The van der Waals surface area contributed by atoms with Crippen LogP contribution in [0, 0.1) is 0 Å². The maximum absolute atomic E-state index is 5.84. The molecule has 11 heavy (non-hydrogen) atoms. The summed E-state index contributed by atoms with van der Waals surface area (Å²) in [6.07, 6.45) is 0. The molecule has 0 aromatic carbocycles. The van der Waals surface area contributed by atoms with Crippen LogP contribution in [0.15, 0.2) is 0 Å². The molecule has 1 unspecified atom stereocenters. The van der Waals surface area contributed by atoms with Gasteiger partial charge in [-0.05, 0) is 19.5 Å². The second-order valence-corrected chi connectivity index (χ2v) is 7.77. The first-order valence-electron chi connectivity index (χ1n) is 4.44. The smallest absolute Gasteiger partial charge is 0.197 e. The topological polar surface area (TPSA) is 18.5 Å². The zero-order valence-corrected chi connectivity index (χ0v) is 8.72. The van der Waals surface area contributed by atoms with Gasteiger partial charge in [-0.25, -0.2) is 0 Å². The Morgan fingerprint density at radius 3 is 2.36 bits per heavy atom. The van der Waals surface area contributed by atoms with E-state index in [9.17, 15) is 0 Å². The summed E-state index contributed by atoms with van der Waals surface area (Å²) >= 11 is 0. The Hall–Kier alpha value is 0.137. The normalized spacial score (nSPS) is 24.3. The van der Waals surface area contributed by atoms with Crippen molar-refractivity contribution in [3.05, 3.63) is 0 Å². The van der Waals surface area contributed by atoms with E-state index in [2.05, 4.69) is 20.4 Å². The summed E-state index contributed by atoms with van der Waals surface area (Å²) in [5.41, 5.74) is 0.757. The van der Waals surface area contributed by atoms with E-state index in [-0.39, 0.29) is 0 Å². The highest BCUT2D eigenvalue weighted by Gasteiger charge is 2.41. The Kier molecular flexibility index (Phi) is 3.10. The lowest BCUT2D eigenvalue weighted by atomic mass is 10.4. The molecule has 0 aromatic rings. The third-order valence-corrected chi connectivity index (χ3v) is 7.09. The third kappa shape index (κ3) is 1.83. The van der Waals surface area contributed by atoms with Crippen LogP contribution in [-0.4, -0.2) is 28.1 Å². The van der Waals surface area contributed by atoms with Gasteiger partial charge in [-0.2, -0.15) is 0 Å². The second kappa shape index (κ2) is 3.69. The van der Waals surface area contributed by atoms with E-state index in [1.807, 2.05) is 0 Å². The molecular weight excluding hydrogens is 156 g/mol. The van der Waals surface area contributed by atoms with Crippen molar-refractivity contribution in [1.82, 2.24) is 0 Å². The van der Waals surface area contributed by atoms with Gasteiger partial charge >= 0.3 is 0 Å². The van der Waals surface area contributed by atoms with E-state index >= 15 is 0 Å². The van der Waals surface area contributed by atoms with Gasteiger partial charge in [0.2, 0.25) is 0 Å². The molecule has 0 aromatic heterocycles. The Morgan fingerprint density at radius 2 is 2.09 bits per heavy atom. The van der Waals surface area contributed by atoms with Crippen molar-refractivity contribution in [3.8, 4) is 0 Å². The summed E-state index contributed by atoms with van der Waals surface area (Å²) in [6.45, 7) is 9.39. The molecule has 2 nitrogen and oxygen atoms in total. The van der Waals surface area contributed by atoms with Crippen LogP contribution in [0.4, 0.5) is 0 Å². The van der Waals surface area contributed by atoms with Crippen LogP contribution in [0.25, 0.3) is 0 Å². The van der Waals surface area contributed by atoms with E-state index in [1.165, 1.54) is 6.04 Å². The molecule has 0 radical (unpaired) electrons. The van der Waals surface area contributed by atoms with Crippen LogP contribution < -0.4 is 0 Å². The molecule has 0 aliphatic carbocycles. The lowest BCUT2D eigenvalue weighted by molar-refractivity contribution is 0.0248. The molecule has 0 bridgehead atoms. The van der Waals surface area contributed by atoms with E-state index < -0.39 is 8.32 Å². The van der Waals surface area contributed by atoms with Crippen molar-refractivity contribution < 1.29 is 9.16 Å². The first-order chi connectivity index (χ1) is 5.23. The largest absolute Gasteiger partial charge is 0.417 e. The fourth-order valence-electron chi connectivity index (χ4n) is 1.43. The minimum atomic E-state index is -1.36. The van der Waals surface area contributed by atoms with E-state index in [0.717, 1.165) is 25.4 Å². The number of rotatable bonds is 4. The van der Waals surface area contributed by atoms with Crippen molar-refractivity contribution in [3.63, 3.8) is 0 Å². The fourth-order valence-corrected chi connectivity index (χ4v) is 4.04. The highest BCUT2D eigenvalue weighted by molar-refractivity contribution is 6.74. The second-order valence-electron chi connectivity index (χ2n) is 3.33. The average Bonchev–Trinajstić information content (AvgIpc) is 1.84. The molecule has 3 heteroatoms. The molecule has 0 saturated carbocycles. The molecule has 1 heterocycles. The number of hydrogen-bond donors (Lipinski definition) is 0. The first-order valence-corrected chi connectivity index (χ1v) is 7.14. The van der Waals surface area contributed by atoms with Gasteiger partial charge in [0, 0.05) is 12.1 Å². The summed E-state index contributed by atoms with van der Waals surface area (Å²) in [6, 6.07) is 1.22. The van der Waals surface area contributed by atoms with Gasteiger partial charge < -0.3 is 9.16 Å². The van der Waals surface area contributed by atoms with E-state index in [1.54, 1.807) is 0 Å². The van der Waals surface area contributed by atoms with Gasteiger partial charge in [0.1, 0.15) is 0 Å². The van der Waals surface area contributed by atoms with Crippen LogP contribution in [-0.2, 0) is 9.16 Å². The van der Waals surface area contributed by atoms with E-state index in [0.29, 0.717) is 0 Å². The summed E-state index contributed by atoms with van der Waals surface area (Å²) < 4.78 is 11.0. The summed E-state index contributed by atoms with van der Waals surface area (Å²) in [5, 5.41) is 0. The average molecular weight is 174 g/mol. The molecule has 0 amide bonds. The molecule has 1 atom stereocenters. The maximum atomic E-state index is 5.84. The number of hydrogen-bond acceptors (Lipinski definition) is 2. The molecule has 1 saturated heterocycles. The van der Waals surface area contributed by atoms with Crippen molar-refractivity contribution in [2.45, 2.75) is 32.0 Å². The van der Waals surface area contributed by atoms with Crippen LogP contribution in [0.2, 0.25) is 18.1 Å². The zero-order valence-electron chi connectivity index (χ0n) is 7.72. The Labute approximate surface area is 70.0 Å². The molecule has 1 aliphatic heterocycles. The maximum Gasteiger partial charge on any atom is 0.197 e. The lowest BCUT2D eigenvalue weighted by Gasteiger charge is -2.39. The fraction of sp³-hybridized carbons (Fsp3) is 1.00. The van der Waals surface area contributed by atoms with Crippen LogP contribution in [0.5, 0.6) is 0 Å². The molecule has 66 valence electrons. The number of ether oxygens (including phenoxy) is 1. The molecule has 0 spiro atoms. The first kappa shape index (κ1) is 9.23. The monoisotopic (exact) mass is 174 g/mol. The van der Waals surface area contributed by atoms with Crippen molar-refractivity contribution >= 4 is 8.32 Å². The summed E-state index contributed by atoms with van der Waals surface area (Å²) in [4.78, 5) is 0. The van der Waals surface area contributed by atoms with Gasteiger partial charge in [0.05, 0.1) is 13.2 Å². The molecule has 0 N–H and O–H groups in total. The van der Waals surface area contributed by atoms with Gasteiger partial charge in [0.25, 0.3) is 0 Å². The molecule has 1 fully saturated rings. The molecule has 1 aliphatic rings. The van der Waals surface area contributed by atoms with Crippen LogP contribution in [0.1, 0.15) is 13.8 Å². The predicted octanol–water partition coefficient (Wildman–Crippen LogP) is 2.02. The quantitative estimate of drug-likeness (QED) is 0.607. The minimum Gasteiger partial charge on any atom is -0.417 e. The van der Waals surface area contributed by atoms with Gasteiger partial charge in [-0.1, -0.05) is 6.92 Å². The predicted molar refractivity (Wildman–Crippen MR) is 48.3 cm³/mol. The Balaban J connectivity index is 2.43. The third-order valence-electron chi connectivity index (χ3n) is 2.68. The van der Waals surface area contributed by atoms with Crippen molar-refractivity contribution in [2.24, 2.45) is 0 Å². The highest BCUT2D eigenvalue weighted by Crippen LogP contribution is 2.32. The lowest BCUT2D eigenvalue weighted by Crippen LogP contribution is -2.48. The van der Waals surface area contributed by atoms with Gasteiger partial charge in [-0.3, -0.25) is 0 Å². The van der Waals surface area contributed by atoms with Gasteiger partial charge in [-0.15, -0.1) is 0 Å². The summed E-state index contributed by atoms with van der Waals surface area (Å²) in [7, 11) is -1.36. The van der Waals surface area contributed by atoms with Crippen molar-refractivity contribution in [1.29, 1.82) is 0 Å². The Bertz CT molecular complexity index is 125. The highest BCUT2D eigenvalue weighted by atomic mass is 28.4. The minimum absolute atomic E-state index is 0.757. The molecule has 1 rings (SSSR count). The van der Waals surface area contributed by atoms with E-state index in [4.69, 9.17) is 9.16 Å². The summed E-state index contributed by atoms with van der Waals surface area (Å²) in [5.74, 6) is 0. The zero-order chi connectivity index (χ0) is 8.32. The van der Waals surface area contributed by atoms with Crippen molar-refractivity contribution in [2.75, 3.05) is 19.8 Å².